The summed E-state index contributed by atoms with van der Waals surface area (Å²) < 4.78 is 24.2. The first kappa shape index (κ1) is 25.5. The minimum atomic E-state index is -0.411. The first-order chi connectivity index (χ1) is 17.6. The van der Waals surface area contributed by atoms with Gasteiger partial charge in [0.15, 0.2) is 5.65 Å². The van der Waals surface area contributed by atoms with Crippen LogP contribution in [0.4, 0.5) is 4.39 Å². The number of hydrogen-bond donors (Lipinski definition) is 0. The maximum absolute atomic E-state index is 15.1. The zero-order valence-corrected chi connectivity index (χ0v) is 22.3. The summed E-state index contributed by atoms with van der Waals surface area (Å²) in [5.74, 6) is -0.411. The Morgan fingerprint density at radius 1 is 1.14 bits per heavy atom. The van der Waals surface area contributed by atoms with E-state index in [2.05, 4.69) is 33.9 Å². The molecule has 1 aliphatic rings. The van der Waals surface area contributed by atoms with Crippen LogP contribution in [0.5, 0.6) is 0 Å². The summed E-state index contributed by atoms with van der Waals surface area (Å²) in [6.45, 7) is 12.8. The zero-order chi connectivity index (χ0) is 26.3. The first-order valence-electron chi connectivity index (χ1n) is 13.0. The normalized spacial score (nSPS) is 16.3. The van der Waals surface area contributed by atoms with Crippen LogP contribution in [-0.2, 0) is 18.4 Å². The van der Waals surface area contributed by atoms with E-state index in [1.807, 2.05) is 26.0 Å². The number of halogens is 1. The third kappa shape index (κ3) is 5.02. The summed E-state index contributed by atoms with van der Waals surface area (Å²) in [6.07, 6.45) is 4.11. The van der Waals surface area contributed by atoms with Crippen LogP contribution in [0.15, 0.2) is 35.3 Å². The second-order valence-electron chi connectivity index (χ2n) is 11.1. The summed E-state index contributed by atoms with van der Waals surface area (Å²) in [7, 11) is 1.67. The van der Waals surface area contributed by atoms with Gasteiger partial charge in [-0.3, -0.25) is 14.1 Å². The summed E-state index contributed by atoms with van der Waals surface area (Å²) in [5, 5.41) is 9.06. The molecule has 0 radical (unpaired) electrons. The van der Waals surface area contributed by atoms with Crippen molar-refractivity contribution in [2.24, 2.45) is 12.5 Å². The van der Waals surface area contributed by atoms with E-state index < -0.39 is 5.82 Å². The van der Waals surface area contributed by atoms with E-state index in [0.29, 0.717) is 51.8 Å². The van der Waals surface area contributed by atoms with E-state index in [9.17, 15) is 4.79 Å². The molecule has 4 heterocycles. The number of nitrogens with zero attached hydrogens (tertiary/aromatic N) is 6. The van der Waals surface area contributed by atoms with Crippen molar-refractivity contribution in [2.45, 2.75) is 53.2 Å². The van der Waals surface area contributed by atoms with Crippen molar-refractivity contribution in [1.29, 1.82) is 0 Å². The van der Waals surface area contributed by atoms with Gasteiger partial charge in [-0.15, -0.1) is 10.2 Å². The van der Waals surface area contributed by atoms with Crippen LogP contribution in [0.3, 0.4) is 0 Å². The molecular formula is C28H35FN6O2. The van der Waals surface area contributed by atoms with Crippen LogP contribution in [0.1, 0.15) is 52.3 Å². The zero-order valence-electron chi connectivity index (χ0n) is 22.3. The highest BCUT2D eigenvalue weighted by molar-refractivity contribution is 6.02. The lowest BCUT2D eigenvalue weighted by Crippen LogP contribution is -2.39. The average molecular weight is 507 g/mol. The molecule has 3 aromatic heterocycles. The minimum absolute atomic E-state index is 0.0835. The molecule has 1 aromatic carbocycles. The number of benzene rings is 1. The first-order valence-corrected chi connectivity index (χ1v) is 13.0. The summed E-state index contributed by atoms with van der Waals surface area (Å²) in [4.78, 5) is 19.8. The van der Waals surface area contributed by atoms with Gasteiger partial charge in [0.25, 0.3) is 0 Å². The second-order valence-corrected chi connectivity index (χ2v) is 11.1. The molecule has 196 valence electrons. The Balaban J connectivity index is 1.33. The van der Waals surface area contributed by atoms with E-state index in [-0.39, 0.29) is 11.7 Å². The van der Waals surface area contributed by atoms with Crippen LogP contribution in [-0.4, -0.2) is 55.5 Å². The predicted octanol–water partition coefficient (Wildman–Crippen LogP) is 4.70. The lowest BCUT2D eigenvalue weighted by atomic mass is 9.83. The number of ether oxygens (including phenoxy) is 1. The van der Waals surface area contributed by atoms with Gasteiger partial charge in [0, 0.05) is 48.4 Å². The van der Waals surface area contributed by atoms with Gasteiger partial charge in [-0.25, -0.2) is 9.18 Å². The highest BCUT2D eigenvalue weighted by Crippen LogP contribution is 2.31. The molecule has 0 spiro atoms. The average Bonchev–Trinajstić information content (AvgIpc) is 3.13. The molecule has 9 heteroatoms. The van der Waals surface area contributed by atoms with Crippen LogP contribution in [0, 0.1) is 11.2 Å². The highest BCUT2D eigenvalue weighted by atomic mass is 19.1. The third-order valence-electron chi connectivity index (χ3n) is 7.52. The topological polar surface area (TPSA) is 78.1 Å². The molecule has 1 fully saturated rings. The standard InChI is InChI=1S/C28H35FN6O2/c1-18(2)35-25-22-14-21(23(29)15-24(22)31-32-26(25)33(5)27(35)36)19-6-7-20(30-16-19)17-37-13-12-34-10-8-28(3,4)9-11-34/h6-7,14-16,18H,8-13,17H2,1-5H3. The monoisotopic (exact) mass is 506 g/mol. The van der Waals surface area contributed by atoms with Crippen molar-refractivity contribution in [3.05, 3.63) is 52.5 Å². The molecule has 5 rings (SSSR count). The molecule has 0 N–H and O–H groups in total. The lowest BCUT2D eigenvalue weighted by molar-refractivity contribution is 0.0656. The molecule has 4 aromatic rings. The Kier molecular flexibility index (Phi) is 6.85. The Morgan fingerprint density at radius 2 is 1.89 bits per heavy atom. The molecule has 0 bridgehead atoms. The van der Waals surface area contributed by atoms with E-state index in [1.54, 1.807) is 23.9 Å². The fourth-order valence-corrected chi connectivity index (χ4v) is 5.04. The Morgan fingerprint density at radius 3 is 2.57 bits per heavy atom. The number of rotatable bonds is 7. The molecule has 0 saturated carbocycles. The fraction of sp³-hybridized carbons (Fsp3) is 0.500. The number of likely N-dealkylation sites (tertiary alicyclic amines) is 1. The van der Waals surface area contributed by atoms with Gasteiger partial charge in [-0.2, -0.15) is 0 Å². The largest absolute Gasteiger partial charge is 0.374 e. The smallest absolute Gasteiger partial charge is 0.330 e. The van der Waals surface area contributed by atoms with E-state index in [1.165, 1.54) is 23.5 Å². The Bertz CT molecular complexity index is 1480. The van der Waals surface area contributed by atoms with Crippen LogP contribution in [0.25, 0.3) is 33.2 Å². The minimum Gasteiger partial charge on any atom is -0.374 e. The molecule has 1 saturated heterocycles. The van der Waals surface area contributed by atoms with Gasteiger partial charge in [0.1, 0.15) is 11.3 Å². The van der Waals surface area contributed by atoms with Gasteiger partial charge in [-0.05, 0) is 57.3 Å². The van der Waals surface area contributed by atoms with Gasteiger partial charge in [0.05, 0.1) is 24.4 Å². The summed E-state index contributed by atoms with van der Waals surface area (Å²) in [5.41, 5.74) is 3.67. The molecule has 0 amide bonds. The second kappa shape index (κ2) is 9.95. The number of hydrogen-bond acceptors (Lipinski definition) is 6. The number of imidazole rings is 1. The van der Waals surface area contributed by atoms with Crippen molar-refractivity contribution in [1.82, 2.24) is 29.2 Å². The Labute approximate surface area is 216 Å². The van der Waals surface area contributed by atoms with Gasteiger partial charge < -0.3 is 9.64 Å². The van der Waals surface area contributed by atoms with Crippen molar-refractivity contribution in [3.8, 4) is 11.1 Å². The quantitative estimate of drug-likeness (QED) is 0.338. The molecule has 8 nitrogen and oxygen atoms in total. The van der Waals surface area contributed by atoms with Crippen molar-refractivity contribution in [2.75, 3.05) is 26.2 Å². The number of fused-ring (bicyclic) bond motifs is 3. The maximum Gasteiger partial charge on any atom is 0.330 e. The highest BCUT2D eigenvalue weighted by Gasteiger charge is 2.25. The van der Waals surface area contributed by atoms with Crippen LogP contribution < -0.4 is 5.69 Å². The number of piperidine rings is 1. The SMILES string of the molecule is CC(C)n1c(=O)n(C)c2nnc3cc(F)c(-c4ccc(COCCN5CCC(C)(C)CC5)nc4)cc3c21. The molecule has 0 unspecified atom stereocenters. The maximum atomic E-state index is 15.1. The number of pyridine rings is 1. The lowest BCUT2D eigenvalue weighted by Gasteiger charge is -2.36. The van der Waals surface area contributed by atoms with E-state index >= 15 is 4.39 Å². The van der Waals surface area contributed by atoms with Crippen molar-refractivity contribution < 1.29 is 9.13 Å². The van der Waals surface area contributed by atoms with E-state index in [0.717, 1.165) is 25.3 Å². The van der Waals surface area contributed by atoms with Crippen LogP contribution >= 0.6 is 0 Å². The van der Waals surface area contributed by atoms with Gasteiger partial charge in [0.2, 0.25) is 0 Å². The van der Waals surface area contributed by atoms with Crippen LogP contribution in [0.2, 0.25) is 0 Å². The fourth-order valence-electron chi connectivity index (χ4n) is 5.04. The van der Waals surface area contributed by atoms with Crippen molar-refractivity contribution >= 4 is 22.1 Å². The molecule has 1 aliphatic heterocycles. The van der Waals surface area contributed by atoms with E-state index in [4.69, 9.17) is 4.74 Å². The predicted molar refractivity (Wildman–Crippen MR) is 143 cm³/mol. The van der Waals surface area contributed by atoms with Gasteiger partial charge in [-0.1, -0.05) is 19.9 Å². The van der Waals surface area contributed by atoms with Gasteiger partial charge >= 0.3 is 5.69 Å². The summed E-state index contributed by atoms with van der Waals surface area (Å²) in [6, 6.07) is 6.76. The molecule has 0 aliphatic carbocycles. The van der Waals surface area contributed by atoms with Crippen molar-refractivity contribution in [3.63, 3.8) is 0 Å². The Hall–Kier alpha value is -3.17. The summed E-state index contributed by atoms with van der Waals surface area (Å²) >= 11 is 0. The number of aromatic nitrogens is 5. The molecule has 37 heavy (non-hydrogen) atoms. The number of aryl methyl sites for hydroxylation is 1. The third-order valence-corrected chi connectivity index (χ3v) is 7.52. The molecule has 0 atom stereocenters. The molecular weight excluding hydrogens is 471 g/mol.